The van der Waals surface area contributed by atoms with E-state index in [9.17, 15) is 4.79 Å². The average Bonchev–Trinajstić information content (AvgIpc) is 3.16. The Morgan fingerprint density at radius 1 is 1.14 bits per heavy atom. The molecule has 0 atom stereocenters. The molecule has 1 saturated heterocycles. The number of carbonyl (C=O) groups is 1. The van der Waals surface area contributed by atoms with Gasteiger partial charge in [-0.25, -0.2) is 4.79 Å². The number of nitrogens with zero attached hydrogens (tertiary/aromatic N) is 2. The van der Waals surface area contributed by atoms with E-state index in [-0.39, 0.29) is 6.03 Å². The number of ether oxygens (including phenoxy) is 2. The molecule has 3 heterocycles. The van der Waals surface area contributed by atoms with Crippen molar-refractivity contribution >= 4 is 11.7 Å². The van der Waals surface area contributed by atoms with E-state index < -0.39 is 0 Å². The molecule has 1 fully saturated rings. The summed E-state index contributed by atoms with van der Waals surface area (Å²) in [7, 11) is 2.08. The first-order valence-corrected chi connectivity index (χ1v) is 7.91. The highest BCUT2D eigenvalue weighted by molar-refractivity contribution is 5.93. The van der Waals surface area contributed by atoms with Gasteiger partial charge in [-0.2, -0.15) is 0 Å². The summed E-state index contributed by atoms with van der Waals surface area (Å²) in [6, 6.07) is 2.03. The molecular weight excluding hydrogens is 282 g/mol. The minimum absolute atomic E-state index is 0.0360. The van der Waals surface area contributed by atoms with Crippen LogP contribution in [0.4, 0.5) is 10.5 Å². The third-order valence-corrected chi connectivity index (χ3v) is 4.67. The fourth-order valence-corrected chi connectivity index (χ4v) is 3.31. The van der Waals surface area contributed by atoms with Gasteiger partial charge in [-0.1, -0.05) is 0 Å². The van der Waals surface area contributed by atoms with Gasteiger partial charge < -0.3 is 24.6 Å². The van der Waals surface area contributed by atoms with E-state index in [1.165, 1.54) is 0 Å². The number of carbonyl (C=O) groups excluding carboxylic acids is 1. The highest BCUT2D eigenvalue weighted by Gasteiger charge is 2.29. The molecule has 22 heavy (non-hydrogen) atoms. The Morgan fingerprint density at radius 2 is 1.91 bits per heavy atom. The van der Waals surface area contributed by atoms with Crippen LogP contribution < -0.4 is 14.8 Å². The van der Waals surface area contributed by atoms with Crippen LogP contribution in [0, 0.1) is 0 Å². The van der Waals surface area contributed by atoms with Crippen LogP contribution in [0.15, 0.2) is 6.07 Å². The largest absolute Gasteiger partial charge is 0.493 e. The quantitative estimate of drug-likeness (QED) is 0.850. The summed E-state index contributed by atoms with van der Waals surface area (Å²) in [5.41, 5.74) is 3.03. The maximum Gasteiger partial charge on any atom is 0.322 e. The number of fused-ring (bicyclic) bond motifs is 2. The van der Waals surface area contributed by atoms with E-state index in [1.54, 1.807) is 0 Å². The fraction of sp³-hybridized carbons (Fsp3) is 0.562. The summed E-state index contributed by atoms with van der Waals surface area (Å²) in [5, 5.41) is 3.09. The Morgan fingerprint density at radius 3 is 2.73 bits per heavy atom. The number of nitrogens with one attached hydrogen (secondary N) is 1. The molecule has 0 radical (unpaired) electrons. The summed E-state index contributed by atoms with van der Waals surface area (Å²) in [6.07, 6.45) is 1.70. The highest BCUT2D eigenvalue weighted by atomic mass is 16.5. The van der Waals surface area contributed by atoms with Crippen molar-refractivity contribution < 1.29 is 14.3 Å². The number of rotatable bonds is 1. The van der Waals surface area contributed by atoms with Crippen molar-refractivity contribution in [1.82, 2.24) is 9.80 Å². The molecule has 3 aliphatic heterocycles. The van der Waals surface area contributed by atoms with Crippen molar-refractivity contribution in [2.75, 3.05) is 51.8 Å². The number of urea groups is 1. The number of amides is 2. The van der Waals surface area contributed by atoms with Gasteiger partial charge in [0.05, 0.1) is 18.9 Å². The molecule has 1 aromatic rings. The standard InChI is InChI=1S/C16H21N3O3/c1-18-4-6-19(7-5-18)16(20)17-14-12-3-9-21-13(12)10-11-2-8-22-15(11)14/h10H,2-9H2,1H3,(H,17,20). The fourth-order valence-electron chi connectivity index (χ4n) is 3.31. The smallest absolute Gasteiger partial charge is 0.322 e. The zero-order valence-corrected chi connectivity index (χ0v) is 12.9. The first-order chi connectivity index (χ1) is 10.7. The molecule has 0 unspecified atom stereocenters. The maximum atomic E-state index is 12.6. The van der Waals surface area contributed by atoms with E-state index in [0.717, 1.165) is 67.3 Å². The third-order valence-electron chi connectivity index (χ3n) is 4.67. The normalized spacial score (nSPS) is 20.1. The second kappa shape index (κ2) is 5.35. The van der Waals surface area contributed by atoms with Crippen LogP contribution in [-0.2, 0) is 12.8 Å². The van der Waals surface area contributed by atoms with Gasteiger partial charge in [-0.15, -0.1) is 0 Å². The van der Waals surface area contributed by atoms with Gasteiger partial charge in [0, 0.05) is 50.1 Å². The van der Waals surface area contributed by atoms with Crippen molar-refractivity contribution in [1.29, 1.82) is 0 Å². The molecule has 6 heteroatoms. The number of anilines is 1. The van der Waals surface area contributed by atoms with Crippen LogP contribution in [0.25, 0.3) is 0 Å². The molecule has 118 valence electrons. The molecule has 0 saturated carbocycles. The summed E-state index contributed by atoms with van der Waals surface area (Å²) in [4.78, 5) is 16.7. The van der Waals surface area contributed by atoms with Gasteiger partial charge in [0.15, 0.2) is 0 Å². The molecule has 1 aromatic carbocycles. The lowest BCUT2D eigenvalue weighted by Crippen LogP contribution is -2.48. The van der Waals surface area contributed by atoms with Gasteiger partial charge in [0.1, 0.15) is 11.5 Å². The predicted molar refractivity (Wildman–Crippen MR) is 82.9 cm³/mol. The van der Waals surface area contributed by atoms with Gasteiger partial charge in [0.2, 0.25) is 0 Å². The molecule has 0 aromatic heterocycles. The van der Waals surface area contributed by atoms with E-state index in [4.69, 9.17) is 9.47 Å². The van der Waals surface area contributed by atoms with Crippen molar-refractivity contribution in [3.63, 3.8) is 0 Å². The molecule has 3 aliphatic rings. The number of likely N-dealkylation sites (N-methyl/N-ethyl adjacent to an activating group) is 1. The summed E-state index contributed by atoms with van der Waals surface area (Å²) in [5.74, 6) is 1.74. The lowest BCUT2D eigenvalue weighted by atomic mass is 10.0. The minimum Gasteiger partial charge on any atom is -0.493 e. The third kappa shape index (κ3) is 2.27. The van der Waals surface area contributed by atoms with E-state index in [1.807, 2.05) is 4.90 Å². The highest BCUT2D eigenvalue weighted by Crippen LogP contribution is 2.44. The molecule has 0 bridgehead atoms. The lowest BCUT2D eigenvalue weighted by molar-refractivity contribution is 0.164. The van der Waals surface area contributed by atoms with Crippen LogP contribution in [0.1, 0.15) is 11.1 Å². The zero-order chi connectivity index (χ0) is 15.1. The molecule has 0 aliphatic carbocycles. The topological polar surface area (TPSA) is 54.0 Å². The number of hydrogen-bond donors (Lipinski definition) is 1. The van der Waals surface area contributed by atoms with E-state index >= 15 is 0 Å². The number of benzene rings is 1. The summed E-state index contributed by atoms with van der Waals surface area (Å²) >= 11 is 0. The van der Waals surface area contributed by atoms with Crippen LogP contribution >= 0.6 is 0 Å². The molecular formula is C16H21N3O3. The first kappa shape index (κ1) is 13.7. The monoisotopic (exact) mass is 303 g/mol. The van der Waals surface area contributed by atoms with Gasteiger partial charge in [-0.3, -0.25) is 0 Å². The predicted octanol–water partition coefficient (Wildman–Crippen LogP) is 1.34. The van der Waals surface area contributed by atoms with Gasteiger partial charge in [-0.05, 0) is 13.1 Å². The minimum atomic E-state index is -0.0360. The second-order valence-electron chi connectivity index (χ2n) is 6.13. The first-order valence-electron chi connectivity index (χ1n) is 7.91. The van der Waals surface area contributed by atoms with Gasteiger partial charge >= 0.3 is 6.03 Å². The summed E-state index contributed by atoms with van der Waals surface area (Å²) in [6.45, 7) is 4.70. The Bertz CT molecular complexity index is 577. The van der Waals surface area contributed by atoms with E-state index in [0.29, 0.717) is 13.2 Å². The van der Waals surface area contributed by atoms with E-state index in [2.05, 4.69) is 23.3 Å². The molecule has 1 N–H and O–H groups in total. The Hall–Kier alpha value is -1.95. The Kier molecular flexibility index (Phi) is 3.33. The molecule has 4 rings (SSSR count). The zero-order valence-electron chi connectivity index (χ0n) is 12.9. The number of piperazine rings is 1. The Balaban J connectivity index is 1.59. The summed E-state index contributed by atoms with van der Waals surface area (Å²) < 4.78 is 11.4. The SMILES string of the molecule is CN1CCN(C(=O)Nc2c3c(cc4c2OCC4)OCC3)CC1. The number of hydrogen-bond acceptors (Lipinski definition) is 4. The van der Waals surface area contributed by atoms with Gasteiger partial charge in [0.25, 0.3) is 0 Å². The van der Waals surface area contributed by atoms with Crippen LogP contribution in [0.5, 0.6) is 11.5 Å². The molecule has 0 spiro atoms. The van der Waals surface area contributed by atoms with Crippen LogP contribution in [0.3, 0.4) is 0 Å². The van der Waals surface area contributed by atoms with Crippen LogP contribution in [0.2, 0.25) is 0 Å². The van der Waals surface area contributed by atoms with Crippen molar-refractivity contribution in [3.05, 3.63) is 17.2 Å². The lowest BCUT2D eigenvalue weighted by Gasteiger charge is -2.32. The second-order valence-corrected chi connectivity index (χ2v) is 6.13. The Labute approximate surface area is 130 Å². The van der Waals surface area contributed by atoms with Crippen molar-refractivity contribution in [3.8, 4) is 11.5 Å². The molecule has 2 amide bonds. The maximum absolute atomic E-state index is 12.6. The molecule has 6 nitrogen and oxygen atoms in total. The average molecular weight is 303 g/mol. The van der Waals surface area contributed by atoms with Crippen LogP contribution in [-0.4, -0.2) is 62.3 Å². The van der Waals surface area contributed by atoms with Crippen molar-refractivity contribution in [2.24, 2.45) is 0 Å². The van der Waals surface area contributed by atoms with Crippen molar-refractivity contribution in [2.45, 2.75) is 12.8 Å².